The maximum absolute atomic E-state index is 9.37. The molecule has 0 radical (unpaired) electrons. The second-order valence-electron chi connectivity index (χ2n) is 4.57. The summed E-state index contributed by atoms with van der Waals surface area (Å²) in [6, 6.07) is 18.3. The van der Waals surface area contributed by atoms with E-state index in [-0.39, 0.29) is 0 Å². The smallest absolute Gasteiger partial charge is 0.135 e. The minimum atomic E-state index is 0.607. The van der Waals surface area contributed by atoms with Crippen molar-refractivity contribution in [1.29, 1.82) is 5.26 Å². The number of para-hydroxylation sites is 1. The van der Waals surface area contributed by atoms with E-state index in [1.54, 1.807) is 11.3 Å². The monoisotopic (exact) mass is 276 g/mol. The van der Waals surface area contributed by atoms with Crippen molar-refractivity contribution in [2.45, 2.75) is 6.92 Å². The Kier molecular flexibility index (Phi) is 3.32. The maximum atomic E-state index is 9.37. The Morgan fingerprint density at radius 3 is 2.60 bits per heavy atom. The fourth-order valence-corrected chi connectivity index (χ4v) is 2.89. The summed E-state index contributed by atoms with van der Waals surface area (Å²) in [5.41, 5.74) is 3.78. The van der Waals surface area contributed by atoms with Gasteiger partial charge in [0.1, 0.15) is 11.1 Å². The minimum Gasteiger partial charge on any atom is -0.235 e. The van der Waals surface area contributed by atoms with Gasteiger partial charge in [-0.2, -0.15) is 5.26 Å². The van der Waals surface area contributed by atoms with Crippen molar-refractivity contribution >= 4 is 33.2 Å². The predicted octanol–water partition coefficient (Wildman–Crippen LogP) is 4.67. The van der Waals surface area contributed by atoms with Crippen molar-refractivity contribution < 1.29 is 0 Å². The van der Waals surface area contributed by atoms with Crippen molar-refractivity contribution in [2.24, 2.45) is 0 Å². The van der Waals surface area contributed by atoms with Gasteiger partial charge in [-0.3, -0.25) is 0 Å². The van der Waals surface area contributed by atoms with Crippen LogP contribution in [0.4, 0.5) is 0 Å². The van der Waals surface area contributed by atoms with Crippen molar-refractivity contribution in [3.05, 3.63) is 64.7 Å². The third kappa shape index (κ3) is 2.47. The first-order valence-corrected chi connectivity index (χ1v) is 7.12. The molecule has 0 saturated heterocycles. The molecule has 0 aliphatic heterocycles. The number of rotatable bonds is 2. The highest BCUT2D eigenvalue weighted by molar-refractivity contribution is 7.19. The molecule has 20 heavy (non-hydrogen) atoms. The Morgan fingerprint density at radius 1 is 1.15 bits per heavy atom. The van der Waals surface area contributed by atoms with Crippen LogP contribution in [-0.2, 0) is 0 Å². The van der Waals surface area contributed by atoms with Gasteiger partial charge in [-0.05, 0) is 30.7 Å². The summed E-state index contributed by atoms with van der Waals surface area (Å²) < 4.78 is 1.10. The number of fused-ring (bicyclic) bond motifs is 1. The predicted molar refractivity (Wildman–Crippen MR) is 84.3 cm³/mol. The molecule has 0 aliphatic rings. The second kappa shape index (κ2) is 5.28. The van der Waals surface area contributed by atoms with Gasteiger partial charge < -0.3 is 0 Å². The molecule has 2 nitrogen and oxygen atoms in total. The molecule has 2 aromatic carbocycles. The Bertz CT molecular complexity index is 787. The average molecular weight is 276 g/mol. The van der Waals surface area contributed by atoms with E-state index in [2.05, 4.69) is 11.1 Å². The number of allylic oxidation sites excluding steroid dienone is 1. The minimum absolute atomic E-state index is 0.607. The van der Waals surface area contributed by atoms with E-state index >= 15 is 0 Å². The van der Waals surface area contributed by atoms with Crippen molar-refractivity contribution in [3.63, 3.8) is 0 Å². The lowest BCUT2D eigenvalue weighted by atomic mass is 10.1. The summed E-state index contributed by atoms with van der Waals surface area (Å²) in [4.78, 5) is 4.53. The van der Waals surface area contributed by atoms with Crippen LogP contribution >= 0.6 is 11.3 Å². The van der Waals surface area contributed by atoms with E-state index in [9.17, 15) is 5.26 Å². The van der Waals surface area contributed by atoms with E-state index < -0.39 is 0 Å². The molecule has 0 unspecified atom stereocenters. The molecule has 0 N–H and O–H groups in total. The van der Waals surface area contributed by atoms with Crippen molar-refractivity contribution in [3.8, 4) is 6.07 Å². The van der Waals surface area contributed by atoms with Gasteiger partial charge >= 0.3 is 0 Å². The van der Waals surface area contributed by atoms with E-state index in [4.69, 9.17) is 0 Å². The quantitative estimate of drug-likeness (QED) is 0.638. The second-order valence-corrected chi connectivity index (χ2v) is 5.60. The molecule has 3 heteroatoms. The lowest BCUT2D eigenvalue weighted by molar-refractivity contribution is 1.43. The van der Waals surface area contributed by atoms with Gasteiger partial charge in [-0.1, -0.05) is 42.0 Å². The first-order chi connectivity index (χ1) is 9.76. The normalized spacial score (nSPS) is 11.5. The van der Waals surface area contributed by atoms with Crippen molar-refractivity contribution in [1.82, 2.24) is 4.98 Å². The van der Waals surface area contributed by atoms with Crippen LogP contribution in [0.25, 0.3) is 21.9 Å². The highest BCUT2D eigenvalue weighted by Crippen LogP contribution is 2.27. The van der Waals surface area contributed by atoms with Gasteiger partial charge in [0.25, 0.3) is 0 Å². The number of benzene rings is 2. The fraction of sp³-hybridized carbons (Fsp3) is 0.0588. The number of hydrogen-bond donors (Lipinski definition) is 0. The van der Waals surface area contributed by atoms with Crippen LogP contribution in [0.1, 0.15) is 16.1 Å². The first-order valence-electron chi connectivity index (χ1n) is 6.31. The summed E-state index contributed by atoms with van der Waals surface area (Å²) in [5, 5.41) is 10.1. The number of aromatic nitrogens is 1. The highest BCUT2D eigenvalue weighted by atomic mass is 32.1. The van der Waals surface area contributed by atoms with Crippen LogP contribution in [0.5, 0.6) is 0 Å². The van der Waals surface area contributed by atoms with E-state index in [0.29, 0.717) is 5.57 Å². The van der Waals surface area contributed by atoms with Crippen LogP contribution in [0.15, 0.2) is 48.5 Å². The Balaban J connectivity index is 2.05. The first kappa shape index (κ1) is 12.6. The van der Waals surface area contributed by atoms with Gasteiger partial charge in [-0.15, -0.1) is 11.3 Å². The average Bonchev–Trinajstić information content (AvgIpc) is 2.90. The zero-order chi connectivity index (χ0) is 13.9. The molecule has 0 fully saturated rings. The van der Waals surface area contributed by atoms with E-state index in [1.807, 2.05) is 61.5 Å². The third-order valence-electron chi connectivity index (χ3n) is 3.03. The van der Waals surface area contributed by atoms with Crippen LogP contribution < -0.4 is 0 Å². The van der Waals surface area contributed by atoms with E-state index in [1.165, 1.54) is 5.56 Å². The summed E-state index contributed by atoms with van der Waals surface area (Å²) in [7, 11) is 0. The molecule has 3 rings (SSSR count). The molecule has 3 aromatic rings. The number of hydrogen-bond acceptors (Lipinski definition) is 3. The highest BCUT2D eigenvalue weighted by Gasteiger charge is 2.08. The molecular formula is C17H12N2S. The molecule has 96 valence electrons. The summed E-state index contributed by atoms with van der Waals surface area (Å²) in [6.07, 6.45) is 1.89. The zero-order valence-corrected chi connectivity index (χ0v) is 11.8. The summed E-state index contributed by atoms with van der Waals surface area (Å²) >= 11 is 1.55. The molecule has 1 aromatic heterocycles. The van der Waals surface area contributed by atoms with Crippen LogP contribution in [0.3, 0.4) is 0 Å². The van der Waals surface area contributed by atoms with Gasteiger partial charge in [0.2, 0.25) is 0 Å². The topological polar surface area (TPSA) is 36.7 Å². The number of aryl methyl sites for hydroxylation is 1. The Morgan fingerprint density at radius 2 is 1.90 bits per heavy atom. The number of nitriles is 1. The van der Waals surface area contributed by atoms with Crippen LogP contribution in [-0.4, -0.2) is 4.98 Å². The molecule has 0 atom stereocenters. The summed E-state index contributed by atoms with van der Waals surface area (Å²) in [5.74, 6) is 0. The summed E-state index contributed by atoms with van der Waals surface area (Å²) in [6.45, 7) is 2.05. The standard InChI is InChI=1S/C17H12N2S/c1-12-6-8-13(9-7-12)10-14(11-18)17-19-15-4-2-3-5-16(15)20-17/h2-10H,1H3. The van der Waals surface area contributed by atoms with Crippen LogP contribution in [0.2, 0.25) is 0 Å². The molecule has 0 saturated carbocycles. The lowest BCUT2D eigenvalue weighted by Crippen LogP contribution is -1.81. The number of nitrogens with zero attached hydrogens (tertiary/aromatic N) is 2. The third-order valence-corrected chi connectivity index (χ3v) is 4.10. The molecule has 0 aliphatic carbocycles. The van der Waals surface area contributed by atoms with Crippen molar-refractivity contribution in [2.75, 3.05) is 0 Å². The van der Waals surface area contributed by atoms with Gasteiger partial charge in [-0.25, -0.2) is 4.98 Å². The fourth-order valence-electron chi connectivity index (χ4n) is 1.96. The lowest BCUT2D eigenvalue weighted by Gasteiger charge is -1.96. The largest absolute Gasteiger partial charge is 0.235 e. The molecule has 0 amide bonds. The van der Waals surface area contributed by atoms with Gasteiger partial charge in [0.15, 0.2) is 0 Å². The molecule has 1 heterocycles. The van der Waals surface area contributed by atoms with Gasteiger partial charge in [0, 0.05) is 0 Å². The Labute approximate surface area is 121 Å². The van der Waals surface area contributed by atoms with E-state index in [0.717, 1.165) is 20.8 Å². The zero-order valence-electron chi connectivity index (χ0n) is 11.0. The molecular weight excluding hydrogens is 264 g/mol. The maximum Gasteiger partial charge on any atom is 0.135 e. The van der Waals surface area contributed by atoms with Crippen LogP contribution in [0, 0.1) is 18.3 Å². The molecule has 0 spiro atoms. The molecule has 0 bridgehead atoms. The Hall–Kier alpha value is -2.44. The van der Waals surface area contributed by atoms with Gasteiger partial charge in [0.05, 0.1) is 15.8 Å². The SMILES string of the molecule is Cc1ccc(C=C(C#N)c2nc3ccccc3s2)cc1. The number of thiazole rings is 1.